The molecule has 1 unspecified atom stereocenters. The highest BCUT2D eigenvalue weighted by Gasteiger charge is 2.25. The fourth-order valence-electron chi connectivity index (χ4n) is 3.26. The van der Waals surface area contributed by atoms with Gasteiger partial charge in [-0.2, -0.15) is 5.10 Å². The van der Waals surface area contributed by atoms with Gasteiger partial charge >= 0.3 is 0 Å². The lowest BCUT2D eigenvalue weighted by atomic mass is 10.0. The van der Waals surface area contributed by atoms with Gasteiger partial charge in [-0.05, 0) is 39.2 Å². The molecule has 1 N–H and O–H groups in total. The third-order valence-corrected chi connectivity index (χ3v) is 4.63. The molecule has 0 aromatic carbocycles. The van der Waals surface area contributed by atoms with Crippen LogP contribution in [0.2, 0.25) is 0 Å². The molecule has 0 bridgehead atoms. The van der Waals surface area contributed by atoms with Gasteiger partial charge in [0.1, 0.15) is 17.1 Å². The average molecular weight is 345 g/mol. The molecule has 0 spiro atoms. The monoisotopic (exact) mass is 345 g/mol. The number of hydrogen-bond donors (Lipinski definition) is 1. The van der Waals surface area contributed by atoms with Crippen LogP contribution in [0.5, 0.6) is 0 Å². The molecule has 1 aliphatic heterocycles. The van der Waals surface area contributed by atoms with E-state index >= 15 is 0 Å². The number of aryl methyl sites for hydroxylation is 3. The van der Waals surface area contributed by atoms with Crippen molar-refractivity contribution in [3.8, 4) is 0 Å². The van der Waals surface area contributed by atoms with Crippen molar-refractivity contribution in [3.05, 3.63) is 39.5 Å². The first-order chi connectivity index (χ1) is 12.0. The molecular formula is C17H23N5O3. The second kappa shape index (κ2) is 7.08. The lowest BCUT2D eigenvalue weighted by Crippen LogP contribution is -2.47. The summed E-state index contributed by atoms with van der Waals surface area (Å²) in [4.78, 5) is 26.2. The number of anilines is 1. The van der Waals surface area contributed by atoms with Gasteiger partial charge in [0, 0.05) is 32.2 Å². The van der Waals surface area contributed by atoms with E-state index in [-0.39, 0.29) is 17.5 Å². The third kappa shape index (κ3) is 3.57. The van der Waals surface area contributed by atoms with E-state index in [1.165, 1.54) is 10.7 Å². The normalized spacial score (nSPS) is 17.6. The van der Waals surface area contributed by atoms with Gasteiger partial charge in [0.25, 0.3) is 11.5 Å². The summed E-state index contributed by atoms with van der Waals surface area (Å²) in [6, 6.07) is 3.41. The van der Waals surface area contributed by atoms with Crippen molar-refractivity contribution < 1.29 is 9.32 Å². The van der Waals surface area contributed by atoms with Gasteiger partial charge in [-0.15, -0.1) is 0 Å². The number of nitrogens with one attached hydrogen (secondary N) is 1. The first kappa shape index (κ1) is 17.2. The molecule has 3 heterocycles. The van der Waals surface area contributed by atoms with Gasteiger partial charge in [0.05, 0.1) is 5.69 Å². The van der Waals surface area contributed by atoms with E-state index in [2.05, 4.69) is 20.5 Å². The lowest BCUT2D eigenvalue weighted by molar-refractivity contribution is 0.0947. The number of aromatic nitrogens is 3. The number of piperidine rings is 1. The lowest BCUT2D eigenvalue weighted by Gasteiger charge is -2.36. The molecule has 1 amide bonds. The first-order valence-electron chi connectivity index (χ1n) is 8.49. The Hall–Kier alpha value is -2.64. The summed E-state index contributed by atoms with van der Waals surface area (Å²) in [5, 5.41) is 11.2. The summed E-state index contributed by atoms with van der Waals surface area (Å²) in [6.07, 6.45) is 3.14. The van der Waals surface area contributed by atoms with Crippen LogP contribution < -0.4 is 15.8 Å². The summed E-state index contributed by atoms with van der Waals surface area (Å²) in [5.41, 5.74) is 0.960. The molecule has 134 valence electrons. The van der Waals surface area contributed by atoms with Crippen LogP contribution in [0.4, 0.5) is 5.82 Å². The molecule has 2 aromatic heterocycles. The highest BCUT2D eigenvalue weighted by atomic mass is 16.5. The molecule has 8 nitrogen and oxygen atoms in total. The Balaban J connectivity index is 1.72. The summed E-state index contributed by atoms with van der Waals surface area (Å²) < 4.78 is 6.40. The van der Waals surface area contributed by atoms with Crippen LogP contribution in [-0.4, -0.2) is 40.0 Å². The summed E-state index contributed by atoms with van der Waals surface area (Å²) in [5.74, 6) is 1.11. The molecule has 1 fully saturated rings. The highest BCUT2D eigenvalue weighted by molar-refractivity contribution is 5.96. The minimum absolute atomic E-state index is 0.135. The van der Waals surface area contributed by atoms with Crippen LogP contribution in [0.3, 0.4) is 0 Å². The van der Waals surface area contributed by atoms with Crippen molar-refractivity contribution in [1.82, 2.24) is 20.3 Å². The Bertz CT molecular complexity index is 806. The zero-order valence-electron chi connectivity index (χ0n) is 14.8. The van der Waals surface area contributed by atoms with E-state index in [0.29, 0.717) is 23.6 Å². The predicted octanol–water partition coefficient (Wildman–Crippen LogP) is 1.17. The van der Waals surface area contributed by atoms with Crippen molar-refractivity contribution in [2.24, 2.45) is 7.05 Å². The largest absolute Gasteiger partial charge is 0.361 e. The molecule has 25 heavy (non-hydrogen) atoms. The summed E-state index contributed by atoms with van der Waals surface area (Å²) in [7, 11) is 1.64. The predicted molar refractivity (Wildman–Crippen MR) is 92.8 cm³/mol. The topological polar surface area (TPSA) is 93.3 Å². The Morgan fingerprint density at radius 2 is 2.16 bits per heavy atom. The van der Waals surface area contributed by atoms with Crippen LogP contribution >= 0.6 is 0 Å². The average Bonchev–Trinajstić information content (AvgIpc) is 2.94. The molecule has 3 rings (SSSR count). The molecule has 0 saturated carbocycles. The Morgan fingerprint density at radius 1 is 1.36 bits per heavy atom. The van der Waals surface area contributed by atoms with Crippen molar-refractivity contribution in [2.75, 3.05) is 18.0 Å². The molecule has 1 saturated heterocycles. The Kier molecular flexibility index (Phi) is 4.87. The van der Waals surface area contributed by atoms with Gasteiger partial charge in [-0.25, -0.2) is 4.68 Å². The van der Waals surface area contributed by atoms with Gasteiger partial charge in [0.15, 0.2) is 0 Å². The number of nitrogens with zero attached hydrogens (tertiary/aromatic N) is 4. The molecule has 8 heteroatoms. The third-order valence-electron chi connectivity index (χ3n) is 4.63. The van der Waals surface area contributed by atoms with Gasteiger partial charge in [-0.3, -0.25) is 9.59 Å². The van der Waals surface area contributed by atoms with Crippen LogP contribution in [0.1, 0.15) is 41.1 Å². The number of carbonyl (C=O) groups excluding carboxylic acids is 1. The van der Waals surface area contributed by atoms with Crippen molar-refractivity contribution in [3.63, 3.8) is 0 Å². The van der Waals surface area contributed by atoms with Crippen LogP contribution in [0.15, 0.2) is 21.5 Å². The summed E-state index contributed by atoms with van der Waals surface area (Å²) >= 11 is 0. The maximum Gasteiger partial charge on any atom is 0.266 e. The van der Waals surface area contributed by atoms with Gasteiger partial charge in [-0.1, -0.05) is 5.16 Å². The van der Waals surface area contributed by atoms with Gasteiger partial charge < -0.3 is 14.7 Å². The van der Waals surface area contributed by atoms with E-state index in [1.54, 1.807) is 27.0 Å². The summed E-state index contributed by atoms with van der Waals surface area (Å²) in [6.45, 7) is 4.85. The SMILES string of the molecule is Cc1noc(C)c1C(=O)NCC1CCCCN1c1ccc(=O)n(C)n1. The van der Waals surface area contributed by atoms with Crippen molar-refractivity contribution in [2.45, 2.75) is 39.2 Å². The van der Waals surface area contributed by atoms with Crippen molar-refractivity contribution in [1.29, 1.82) is 0 Å². The molecular weight excluding hydrogens is 322 g/mol. The Labute approximate surface area is 145 Å². The maximum absolute atomic E-state index is 12.4. The van der Waals surface area contributed by atoms with Crippen LogP contribution in [-0.2, 0) is 7.05 Å². The fraction of sp³-hybridized carbons (Fsp3) is 0.529. The quantitative estimate of drug-likeness (QED) is 0.894. The minimum atomic E-state index is -0.171. The van der Waals surface area contributed by atoms with Crippen LogP contribution in [0.25, 0.3) is 0 Å². The number of carbonyl (C=O) groups is 1. The second-order valence-corrected chi connectivity index (χ2v) is 6.41. The second-order valence-electron chi connectivity index (χ2n) is 6.41. The minimum Gasteiger partial charge on any atom is -0.361 e. The molecule has 1 atom stereocenters. The van der Waals surface area contributed by atoms with E-state index in [0.717, 1.165) is 31.6 Å². The number of amides is 1. The zero-order valence-corrected chi connectivity index (χ0v) is 14.8. The molecule has 0 aliphatic carbocycles. The Morgan fingerprint density at radius 3 is 2.84 bits per heavy atom. The van der Waals surface area contributed by atoms with Gasteiger partial charge in [0.2, 0.25) is 0 Å². The zero-order chi connectivity index (χ0) is 18.0. The fourth-order valence-corrected chi connectivity index (χ4v) is 3.26. The van der Waals surface area contributed by atoms with E-state index < -0.39 is 0 Å². The van der Waals surface area contributed by atoms with Crippen LogP contribution in [0, 0.1) is 13.8 Å². The molecule has 1 aliphatic rings. The van der Waals surface area contributed by atoms with E-state index in [9.17, 15) is 9.59 Å². The maximum atomic E-state index is 12.4. The number of rotatable bonds is 4. The molecule has 0 radical (unpaired) electrons. The smallest absolute Gasteiger partial charge is 0.266 e. The van der Waals surface area contributed by atoms with Crippen molar-refractivity contribution >= 4 is 11.7 Å². The standard InChI is InChI=1S/C17H23N5O3/c1-11-16(12(2)25-20-11)17(24)18-10-13-6-4-5-9-22(13)14-7-8-15(23)21(3)19-14/h7-8,13H,4-6,9-10H2,1-3H3,(H,18,24). The van der Waals surface area contributed by atoms with E-state index in [1.807, 2.05) is 0 Å². The highest BCUT2D eigenvalue weighted by Crippen LogP contribution is 2.22. The number of hydrogen-bond acceptors (Lipinski definition) is 6. The molecule has 2 aromatic rings. The van der Waals surface area contributed by atoms with E-state index in [4.69, 9.17) is 4.52 Å². The first-order valence-corrected chi connectivity index (χ1v) is 8.49.